The Morgan fingerprint density at radius 1 is 0.852 bits per heavy atom. The van der Waals surface area contributed by atoms with Gasteiger partial charge in [-0.15, -0.1) is 0 Å². The number of benzene rings is 2. The van der Waals surface area contributed by atoms with Crippen LogP contribution < -0.4 is 4.72 Å². The average Bonchev–Trinajstić information content (AvgIpc) is 3.20. The molecule has 0 unspecified atom stereocenters. The second-order valence-corrected chi connectivity index (χ2v) is 7.31. The number of sulfonamides is 1. The Morgan fingerprint density at radius 2 is 1.56 bits per heavy atom. The highest BCUT2D eigenvalue weighted by Gasteiger charge is 2.19. The summed E-state index contributed by atoms with van der Waals surface area (Å²) in [5.41, 5.74) is 1.60. The number of rotatable bonds is 5. The average molecular weight is 378 g/mol. The van der Waals surface area contributed by atoms with Gasteiger partial charge in [0, 0.05) is 18.0 Å². The van der Waals surface area contributed by atoms with Crippen LogP contribution in [0, 0.1) is 0 Å². The molecule has 0 aliphatic carbocycles. The minimum atomic E-state index is -3.74. The molecular formula is C19H14N4O3S. The molecule has 4 aromatic rings. The third-order valence-electron chi connectivity index (χ3n) is 3.82. The first-order chi connectivity index (χ1) is 13.1. The van der Waals surface area contributed by atoms with Crippen LogP contribution in [0.1, 0.15) is 0 Å². The first kappa shape index (κ1) is 16.9. The number of anilines is 1. The molecule has 8 heteroatoms. The fourth-order valence-corrected chi connectivity index (χ4v) is 3.61. The van der Waals surface area contributed by atoms with E-state index in [0.717, 1.165) is 5.56 Å². The van der Waals surface area contributed by atoms with Crippen molar-refractivity contribution in [3.05, 3.63) is 79.1 Å². The van der Waals surface area contributed by atoms with Crippen molar-refractivity contribution in [2.75, 3.05) is 4.72 Å². The maximum atomic E-state index is 12.6. The van der Waals surface area contributed by atoms with Crippen LogP contribution in [-0.2, 0) is 10.0 Å². The van der Waals surface area contributed by atoms with Gasteiger partial charge in [-0.05, 0) is 36.4 Å². The second-order valence-electron chi connectivity index (χ2n) is 5.62. The number of para-hydroxylation sites is 1. The highest BCUT2D eigenvalue weighted by Crippen LogP contribution is 2.29. The standard InChI is InChI=1S/C19H14N4O3S/c24-27(25,15-6-2-1-3-7-15)23-17-9-5-4-8-16(17)19-21-18(22-26-19)14-10-12-20-13-11-14/h1-13,23H. The normalized spacial score (nSPS) is 11.3. The molecule has 0 radical (unpaired) electrons. The summed E-state index contributed by atoms with van der Waals surface area (Å²) in [4.78, 5) is 8.50. The number of nitrogens with one attached hydrogen (secondary N) is 1. The van der Waals surface area contributed by atoms with Crippen LogP contribution >= 0.6 is 0 Å². The van der Waals surface area contributed by atoms with Gasteiger partial charge >= 0.3 is 0 Å². The number of nitrogens with zero attached hydrogens (tertiary/aromatic N) is 3. The van der Waals surface area contributed by atoms with E-state index in [0.29, 0.717) is 17.1 Å². The van der Waals surface area contributed by atoms with Gasteiger partial charge in [-0.3, -0.25) is 9.71 Å². The van der Waals surface area contributed by atoms with Crippen LogP contribution in [0.2, 0.25) is 0 Å². The summed E-state index contributed by atoms with van der Waals surface area (Å²) in [6.45, 7) is 0. The zero-order valence-electron chi connectivity index (χ0n) is 14.0. The molecule has 0 aliphatic rings. The lowest BCUT2D eigenvalue weighted by molar-refractivity contribution is 0.432. The lowest BCUT2D eigenvalue weighted by Crippen LogP contribution is -2.13. The zero-order valence-corrected chi connectivity index (χ0v) is 14.8. The molecule has 1 N–H and O–H groups in total. The summed E-state index contributed by atoms with van der Waals surface area (Å²) in [5, 5.41) is 3.97. The molecule has 0 bridgehead atoms. The molecule has 0 fully saturated rings. The van der Waals surface area contributed by atoms with Gasteiger partial charge in [-0.2, -0.15) is 4.98 Å². The summed E-state index contributed by atoms with van der Waals surface area (Å²) in [5.74, 6) is 0.612. The summed E-state index contributed by atoms with van der Waals surface area (Å²) in [7, 11) is -3.74. The monoisotopic (exact) mass is 378 g/mol. The van der Waals surface area contributed by atoms with Crippen molar-refractivity contribution in [3.8, 4) is 22.8 Å². The third-order valence-corrected chi connectivity index (χ3v) is 5.20. The van der Waals surface area contributed by atoms with Gasteiger partial charge in [-0.25, -0.2) is 8.42 Å². The van der Waals surface area contributed by atoms with Gasteiger partial charge < -0.3 is 4.52 Å². The summed E-state index contributed by atoms with van der Waals surface area (Å²) >= 11 is 0. The molecule has 27 heavy (non-hydrogen) atoms. The Hall–Kier alpha value is -3.52. The van der Waals surface area contributed by atoms with Crippen molar-refractivity contribution in [1.29, 1.82) is 0 Å². The van der Waals surface area contributed by atoms with Crippen molar-refractivity contribution < 1.29 is 12.9 Å². The predicted molar refractivity (Wildman–Crippen MR) is 100 cm³/mol. The number of pyridine rings is 1. The van der Waals surface area contributed by atoms with E-state index in [2.05, 4.69) is 19.8 Å². The fraction of sp³-hybridized carbons (Fsp3) is 0. The van der Waals surface area contributed by atoms with Gasteiger partial charge in [0.25, 0.3) is 15.9 Å². The Bertz CT molecular complexity index is 1160. The molecule has 0 aliphatic heterocycles. The van der Waals surface area contributed by atoms with Gasteiger partial charge in [0.15, 0.2) is 0 Å². The van der Waals surface area contributed by atoms with Crippen LogP contribution in [0.25, 0.3) is 22.8 Å². The van der Waals surface area contributed by atoms with E-state index in [1.807, 2.05) is 0 Å². The first-order valence-electron chi connectivity index (χ1n) is 8.05. The van der Waals surface area contributed by atoms with Crippen LogP contribution in [0.15, 0.2) is 88.5 Å². The minimum Gasteiger partial charge on any atom is -0.334 e. The molecule has 0 saturated heterocycles. The smallest absolute Gasteiger partial charge is 0.261 e. The van der Waals surface area contributed by atoms with Gasteiger partial charge in [-0.1, -0.05) is 35.5 Å². The SMILES string of the molecule is O=S(=O)(Nc1ccccc1-c1nc(-c2ccncc2)no1)c1ccccc1. The Balaban J connectivity index is 1.70. The van der Waals surface area contributed by atoms with E-state index in [1.165, 1.54) is 12.1 Å². The number of aromatic nitrogens is 3. The highest BCUT2D eigenvalue weighted by molar-refractivity contribution is 7.92. The van der Waals surface area contributed by atoms with Crippen molar-refractivity contribution in [2.45, 2.75) is 4.90 Å². The van der Waals surface area contributed by atoms with Gasteiger partial charge in [0.05, 0.1) is 16.1 Å². The first-order valence-corrected chi connectivity index (χ1v) is 9.53. The highest BCUT2D eigenvalue weighted by atomic mass is 32.2. The van der Waals surface area contributed by atoms with Gasteiger partial charge in [0.1, 0.15) is 0 Å². The topological polar surface area (TPSA) is 98.0 Å². The van der Waals surface area contributed by atoms with Crippen LogP contribution in [0.5, 0.6) is 0 Å². The number of hydrogen-bond donors (Lipinski definition) is 1. The van der Waals surface area contributed by atoms with Crippen LogP contribution in [-0.4, -0.2) is 23.5 Å². The number of hydrogen-bond acceptors (Lipinski definition) is 6. The van der Waals surface area contributed by atoms with Crippen molar-refractivity contribution >= 4 is 15.7 Å². The van der Waals surface area contributed by atoms with Crippen molar-refractivity contribution in [3.63, 3.8) is 0 Å². The molecule has 0 atom stereocenters. The maximum Gasteiger partial charge on any atom is 0.261 e. The molecule has 0 spiro atoms. The Labute approximate surface area is 155 Å². The molecule has 4 rings (SSSR count). The maximum absolute atomic E-state index is 12.6. The van der Waals surface area contributed by atoms with Crippen LogP contribution in [0.3, 0.4) is 0 Å². The molecule has 2 heterocycles. The van der Waals surface area contributed by atoms with Crippen molar-refractivity contribution in [1.82, 2.24) is 15.1 Å². The molecular weight excluding hydrogens is 364 g/mol. The van der Waals surface area contributed by atoms with Gasteiger partial charge in [0.2, 0.25) is 5.82 Å². The van der Waals surface area contributed by atoms with E-state index in [4.69, 9.17) is 4.52 Å². The quantitative estimate of drug-likeness (QED) is 0.570. The Kier molecular flexibility index (Phi) is 4.39. The van der Waals surface area contributed by atoms with E-state index in [1.54, 1.807) is 67.0 Å². The summed E-state index contributed by atoms with van der Waals surface area (Å²) in [6.07, 6.45) is 3.26. The largest absolute Gasteiger partial charge is 0.334 e. The van der Waals surface area contributed by atoms with Crippen LogP contribution in [0.4, 0.5) is 5.69 Å². The molecule has 134 valence electrons. The van der Waals surface area contributed by atoms with Crippen molar-refractivity contribution in [2.24, 2.45) is 0 Å². The van der Waals surface area contributed by atoms with E-state index in [-0.39, 0.29) is 10.8 Å². The molecule has 7 nitrogen and oxygen atoms in total. The zero-order chi connectivity index (χ0) is 18.7. The molecule has 0 amide bonds. The second kappa shape index (κ2) is 7.00. The lowest BCUT2D eigenvalue weighted by Gasteiger charge is -2.10. The predicted octanol–water partition coefficient (Wildman–Crippen LogP) is 3.60. The fourth-order valence-electron chi connectivity index (χ4n) is 2.51. The molecule has 2 aromatic carbocycles. The molecule has 2 aromatic heterocycles. The lowest BCUT2D eigenvalue weighted by atomic mass is 10.2. The summed E-state index contributed by atoms with van der Waals surface area (Å²) < 4.78 is 33.2. The van der Waals surface area contributed by atoms with E-state index in [9.17, 15) is 8.42 Å². The summed E-state index contributed by atoms with van der Waals surface area (Å²) in [6, 6.07) is 18.5. The van der Waals surface area contributed by atoms with E-state index >= 15 is 0 Å². The van der Waals surface area contributed by atoms with E-state index < -0.39 is 10.0 Å². The minimum absolute atomic E-state index is 0.169. The third kappa shape index (κ3) is 3.56. The molecule has 0 saturated carbocycles. The Morgan fingerprint density at radius 3 is 2.33 bits per heavy atom.